The van der Waals surface area contributed by atoms with E-state index in [0.717, 1.165) is 16.4 Å². The van der Waals surface area contributed by atoms with Crippen LogP contribution in [0.1, 0.15) is 5.56 Å². The molecule has 0 unspecified atom stereocenters. The van der Waals surface area contributed by atoms with Gasteiger partial charge in [0.15, 0.2) is 29.1 Å². The Bertz CT molecular complexity index is 1310. The molecule has 2 heterocycles. The van der Waals surface area contributed by atoms with Crippen LogP contribution in [-0.2, 0) is 16.6 Å². The molecule has 2 aromatic heterocycles. The van der Waals surface area contributed by atoms with Crippen molar-refractivity contribution in [3.05, 3.63) is 65.4 Å². The second-order valence-electron chi connectivity index (χ2n) is 5.84. The molecule has 0 aliphatic rings. The third-order valence-corrected chi connectivity index (χ3v) is 5.87. The highest BCUT2D eigenvalue weighted by atomic mass is 32.2. The van der Waals surface area contributed by atoms with Crippen molar-refractivity contribution in [1.29, 1.82) is 0 Å². The van der Waals surface area contributed by atoms with Gasteiger partial charge in [-0.25, -0.2) is 26.0 Å². The zero-order valence-electron chi connectivity index (χ0n) is 14.1. The van der Waals surface area contributed by atoms with E-state index in [2.05, 4.69) is 18.6 Å². The van der Waals surface area contributed by atoms with Gasteiger partial charge in [-0.05, 0) is 12.1 Å². The maximum Gasteiger partial charge on any atom is 0.265 e. The SMILES string of the molecule is O=S(=O)(Nc1ccn(Cc2c(F)c(F)cc(F)c2F)n1)c1cccc2nsnc12. The molecule has 2 aromatic carbocycles. The number of hydrogen-bond donors (Lipinski definition) is 1. The normalized spacial score (nSPS) is 11.9. The van der Waals surface area contributed by atoms with Crippen LogP contribution in [0.25, 0.3) is 11.0 Å². The highest BCUT2D eigenvalue weighted by Crippen LogP contribution is 2.24. The second-order valence-corrected chi connectivity index (χ2v) is 8.02. The zero-order valence-corrected chi connectivity index (χ0v) is 15.7. The van der Waals surface area contributed by atoms with Crippen molar-refractivity contribution in [2.45, 2.75) is 11.4 Å². The highest BCUT2D eigenvalue weighted by molar-refractivity contribution is 7.93. The van der Waals surface area contributed by atoms with Crippen LogP contribution < -0.4 is 4.72 Å². The molecule has 0 saturated carbocycles. The first-order chi connectivity index (χ1) is 13.8. The summed E-state index contributed by atoms with van der Waals surface area (Å²) in [5.74, 6) is -6.36. The molecule has 0 saturated heterocycles. The second kappa shape index (κ2) is 7.08. The van der Waals surface area contributed by atoms with Gasteiger partial charge in [-0.1, -0.05) is 6.07 Å². The maximum absolute atomic E-state index is 13.8. The lowest BCUT2D eigenvalue weighted by Crippen LogP contribution is -2.14. The number of hydrogen-bond acceptors (Lipinski definition) is 6. The van der Waals surface area contributed by atoms with Gasteiger partial charge in [-0.15, -0.1) is 0 Å². The standard InChI is InChI=1S/C16H9F4N5O2S2/c17-9-6-10(18)15(20)8(14(9)19)7-25-5-4-13(21-25)24-29(26,27)12-3-1-2-11-16(12)23-28-22-11/h1-6H,7H2,(H,21,24). The monoisotopic (exact) mass is 443 g/mol. The van der Waals surface area contributed by atoms with Gasteiger partial charge in [0.25, 0.3) is 10.0 Å². The van der Waals surface area contributed by atoms with E-state index in [4.69, 9.17) is 0 Å². The Morgan fingerprint density at radius 1 is 1.03 bits per heavy atom. The number of fused-ring (bicyclic) bond motifs is 1. The summed E-state index contributed by atoms with van der Waals surface area (Å²) < 4.78 is 90.6. The van der Waals surface area contributed by atoms with Crippen molar-refractivity contribution >= 4 is 38.6 Å². The summed E-state index contributed by atoms with van der Waals surface area (Å²) in [6.45, 7) is -0.653. The van der Waals surface area contributed by atoms with Gasteiger partial charge in [0.1, 0.15) is 15.9 Å². The average Bonchev–Trinajstić information content (AvgIpc) is 3.32. The van der Waals surface area contributed by atoms with Crippen molar-refractivity contribution in [3.63, 3.8) is 0 Å². The van der Waals surface area contributed by atoms with Crippen molar-refractivity contribution in [2.24, 2.45) is 0 Å². The van der Waals surface area contributed by atoms with E-state index < -0.39 is 45.4 Å². The van der Waals surface area contributed by atoms with E-state index >= 15 is 0 Å². The molecule has 0 aliphatic carbocycles. The van der Waals surface area contributed by atoms with Crippen LogP contribution in [-0.4, -0.2) is 26.9 Å². The van der Waals surface area contributed by atoms with E-state index in [1.807, 2.05) is 0 Å². The van der Waals surface area contributed by atoms with Gasteiger partial charge in [0, 0.05) is 18.3 Å². The average molecular weight is 443 g/mol. The molecule has 0 amide bonds. The van der Waals surface area contributed by atoms with E-state index in [9.17, 15) is 26.0 Å². The Kier molecular flexibility index (Phi) is 4.70. The fourth-order valence-electron chi connectivity index (χ4n) is 2.62. The van der Waals surface area contributed by atoms with Crippen LogP contribution in [0.2, 0.25) is 0 Å². The molecular formula is C16H9F4N5O2S2. The molecule has 0 bridgehead atoms. The Morgan fingerprint density at radius 3 is 2.48 bits per heavy atom. The van der Waals surface area contributed by atoms with E-state index in [-0.39, 0.29) is 22.3 Å². The third kappa shape index (κ3) is 3.53. The lowest BCUT2D eigenvalue weighted by Gasteiger charge is -2.08. The Labute approximate surface area is 165 Å². The molecule has 1 N–H and O–H groups in total. The number of halogens is 4. The lowest BCUT2D eigenvalue weighted by molar-refractivity contribution is 0.431. The first kappa shape index (κ1) is 19.3. The Balaban J connectivity index is 1.61. The third-order valence-electron chi connectivity index (χ3n) is 3.94. The number of anilines is 1. The van der Waals surface area contributed by atoms with Gasteiger partial charge < -0.3 is 0 Å². The van der Waals surface area contributed by atoms with Crippen LogP contribution in [0, 0.1) is 23.3 Å². The number of rotatable bonds is 5. The summed E-state index contributed by atoms with van der Waals surface area (Å²) in [4.78, 5) is -0.123. The summed E-state index contributed by atoms with van der Waals surface area (Å²) in [5.41, 5.74) is -0.287. The molecule has 13 heteroatoms. The molecule has 4 rings (SSSR count). The van der Waals surface area contributed by atoms with Crippen molar-refractivity contribution in [1.82, 2.24) is 18.5 Å². The first-order valence-electron chi connectivity index (χ1n) is 7.85. The fraction of sp³-hybridized carbons (Fsp3) is 0.0625. The van der Waals surface area contributed by atoms with Crippen LogP contribution in [0.15, 0.2) is 41.4 Å². The molecule has 0 spiro atoms. The fourth-order valence-corrected chi connectivity index (χ4v) is 4.38. The van der Waals surface area contributed by atoms with E-state index in [1.165, 1.54) is 24.4 Å². The molecular weight excluding hydrogens is 434 g/mol. The smallest absolute Gasteiger partial charge is 0.265 e. The largest absolute Gasteiger partial charge is 0.266 e. The van der Waals surface area contributed by atoms with E-state index in [0.29, 0.717) is 5.52 Å². The predicted octanol–water partition coefficient (Wildman–Crippen LogP) is 3.29. The molecule has 0 radical (unpaired) electrons. The van der Waals surface area contributed by atoms with Gasteiger partial charge >= 0.3 is 0 Å². The molecule has 4 aromatic rings. The van der Waals surface area contributed by atoms with Crippen LogP contribution >= 0.6 is 11.7 Å². The van der Waals surface area contributed by atoms with Gasteiger partial charge in [0.05, 0.1) is 23.8 Å². The number of aromatic nitrogens is 4. The molecule has 0 aliphatic heterocycles. The highest BCUT2D eigenvalue weighted by Gasteiger charge is 2.22. The molecule has 0 fully saturated rings. The minimum atomic E-state index is -4.09. The van der Waals surface area contributed by atoms with Gasteiger partial charge in [-0.2, -0.15) is 13.8 Å². The van der Waals surface area contributed by atoms with Gasteiger partial charge in [-0.3, -0.25) is 9.40 Å². The Hall–Kier alpha value is -3.06. The topological polar surface area (TPSA) is 89.8 Å². The maximum atomic E-state index is 13.8. The summed E-state index contributed by atoms with van der Waals surface area (Å²) >= 11 is 0.856. The van der Waals surface area contributed by atoms with Gasteiger partial charge in [0.2, 0.25) is 0 Å². The zero-order chi connectivity index (χ0) is 20.8. The van der Waals surface area contributed by atoms with Crippen molar-refractivity contribution in [3.8, 4) is 0 Å². The van der Waals surface area contributed by atoms with Crippen molar-refractivity contribution in [2.75, 3.05) is 4.72 Å². The summed E-state index contributed by atoms with van der Waals surface area (Å²) in [7, 11) is -4.09. The Morgan fingerprint density at radius 2 is 1.76 bits per heavy atom. The van der Waals surface area contributed by atoms with Crippen molar-refractivity contribution < 1.29 is 26.0 Å². The predicted molar refractivity (Wildman–Crippen MR) is 95.8 cm³/mol. The summed E-state index contributed by atoms with van der Waals surface area (Å²) in [5, 5.41) is 3.84. The minimum Gasteiger partial charge on any atom is -0.266 e. The number of nitrogens with one attached hydrogen (secondary N) is 1. The molecule has 7 nitrogen and oxygen atoms in total. The minimum absolute atomic E-state index is 0.102. The first-order valence-corrected chi connectivity index (χ1v) is 10.1. The summed E-state index contributed by atoms with van der Waals surface area (Å²) in [6, 6.07) is 5.77. The van der Waals surface area contributed by atoms with Crippen LogP contribution in [0.3, 0.4) is 0 Å². The number of sulfonamides is 1. The molecule has 29 heavy (non-hydrogen) atoms. The molecule has 150 valence electrons. The molecule has 0 atom stereocenters. The number of nitrogens with zero attached hydrogens (tertiary/aromatic N) is 4. The number of benzene rings is 2. The van der Waals surface area contributed by atoms with E-state index in [1.54, 1.807) is 6.07 Å². The summed E-state index contributed by atoms with van der Waals surface area (Å²) in [6.07, 6.45) is 1.20. The quantitative estimate of drug-likeness (QED) is 0.378. The van der Waals surface area contributed by atoms with Crippen LogP contribution in [0.4, 0.5) is 23.4 Å². The lowest BCUT2D eigenvalue weighted by atomic mass is 10.2. The van der Waals surface area contributed by atoms with Crippen LogP contribution in [0.5, 0.6) is 0 Å².